The third-order valence-corrected chi connectivity index (χ3v) is 2.80. The zero-order valence-electron chi connectivity index (χ0n) is 9.09. The van der Waals surface area contributed by atoms with Gasteiger partial charge >= 0.3 is 0 Å². The van der Waals surface area contributed by atoms with E-state index in [1.54, 1.807) is 5.57 Å². The first-order chi connectivity index (χ1) is 6.77. The lowest BCUT2D eigenvalue weighted by atomic mass is 9.87. The number of benzene rings is 1. The van der Waals surface area contributed by atoms with Crippen molar-refractivity contribution in [3.05, 3.63) is 41.5 Å². The largest absolute Gasteiger partial charge is 0.0804 e. The maximum absolute atomic E-state index is 2.42. The summed E-state index contributed by atoms with van der Waals surface area (Å²) < 4.78 is 0. The van der Waals surface area contributed by atoms with Gasteiger partial charge in [0.2, 0.25) is 0 Å². The summed E-state index contributed by atoms with van der Waals surface area (Å²) in [5.74, 6) is 0.757. The third kappa shape index (κ3) is 1.89. The minimum absolute atomic E-state index is 0.757. The van der Waals surface area contributed by atoms with Gasteiger partial charge in [-0.15, -0.1) is 0 Å². The number of fused-ring (bicyclic) bond motifs is 1. The molecule has 2 rings (SSSR count). The molecular formula is C14H18. The van der Waals surface area contributed by atoms with Crippen LogP contribution in [0.5, 0.6) is 0 Å². The molecule has 0 fully saturated rings. The van der Waals surface area contributed by atoms with Crippen molar-refractivity contribution >= 4 is 5.57 Å². The Balaban J connectivity index is 2.31. The first-order valence-electron chi connectivity index (χ1n) is 5.54. The molecule has 0 amide bonds. The van der Waals surface area contributed by atoms with E-state index in [2.05, 4.69) is 44.2 Å². The fourth-order valence-electron chi connectivity index (χ4n) is 2.20. The summed E-state index contributed by atoms with van der Waals surface area (Å²) in [5.41, 5.74) is 4.58. The van der Waals surface area contributed by atoms with Crippen molar-refractivity contribution in [2.75, 3.05) is 0 Å². The van der Waals surface area contributed by atoms with Crippen LogP contribution in [0.3, 0.4) is 0 Å². The van der Waals surface area contributed by atoms with Crippen LogP contribution in [-0.2, 0) is 6.42 Å². The van der Waals surface area contributed by atoms with Crippen molar-refractivity contribution in [2.24, 2.45) is 5.92 Å². The summed E-state index contributed by atoms with van der Waals surface area (Å²) in [4.78, 5) is 0. The Bertz CT molecular complexity index is 345. The van der Waals surface area contributed by atoms with Crippen molar-refractivity contribution in [3.63, 3.8) is 0 Å². The van der Waals surface area contributed by atoms with Crippen LogP contribution in [-0.4, -0.2) is 0 Å². The number of hydrogen-bond donors (Lipinski definition) is 0. The van der Waals surface area contributed by atoms with Crippen LogP contribution in [0.15, 0.2) is 30.3 Å². The van der Waals surface area contributed by atoms with Crippen LogP contribution >= 0.6 is 0 Å². The predicted octanol–water partition coefficient (Wildman–Crippen LogP) is 4.06. The maximum atomic E-state index is 2.42. The van der Waals surface area contributed by atoms with Crippen LogP contribution in [0.25, 0.3) is 5.57 Å². The summed E-state index contributed by atoms with van der Waals surface area (Å²) in [6, 6.07) is 8.83. The SMILES string of the molecule is CC(C)CC1=CCCc2ccccc21. The normalized spacial score (nSPS) is 15.2. The van der Waals surface area contributed by atoms with E-state index >= 15 is 0 Å². The molecule has 0 N–H and O–H groups in total. The predicted molar refractivity (Wildman–Crippen MR) is 62.2 cm³/mol. The molecule has 1 aliphatic rings. The molecule has 0 nitrogen and oxygen atoms in total. The monoisotopic (exact) mass is 186 g/mol. The Kier molecular flexibility index (Phi) is 2.72. The molecule has 0 saturated carbocycles. The van der Waals surface area contributed by atoms with Crippen LogP contribution in [0.4, 0.5) is 0 Å². The maximum Gasteiger partial charge on any atom is -0.0195 e. The van der Waals surface area contributed by atoms with Gasteiger partial charge in [0.1, 0.15) is 0 Å². The first-order valence-corrected chi connectivity index (χ1v) is 5.54. The highest BCUT2D eigenvalue weighted by atomic mass is 14.2. The van der Waals surface area contributed by atoms with Gasteiger partial charge in [-0.25, -0.2) is 0 Å². The van der Waals surface area contributed by atoms with E-state index in [1.807, 2.05) is 0 Å². The average Bonchev–Trinajstić information content (AvgIpc) is 2.18. The Hall–Kier alpha value is -1.04. The van der Waals surface area contributed by atoms with E-state index in [1.165, 1.54) is 30.4 Å². The Labute approximate surface area is 86.7 Å². The van der Waals surface area contributed by atoms with Gasteiger partial charge in [0.05, 0.1) is 0 Å². The number of allylic oxidation sites excluding steroid dienone is 2. The minimum atomic E-state index is 0.757. The molecule has 0 aliphatic heterocycles. The van der Waals surface area contributed by atoms with Gasteiger partial charge < -0.3 is 0 Å². The van der Waals surface area contributed by atoms with Gasteiger partial charge in [-0.1, -0.05) is 44.2 Å². The number of aryl methyl sites for hydroxylation is 1. The fourth-order valence-corrected chi connectivity index (χ4v) is 2.20. The lowest BCUT2D eigenvalue weighted by molar-refractivity contribution is 0.670. The van der Waals surface area contributed by atoms with Gasteiger partial charge in [0, 0.05) is 0 Å². The van der Waals surface area contributed by atoms with Crippen molar-refractivity contribution in [2.45, 2.75) is 33.1 Å². The molecule has 0 bridgehead atoms. The van der Waals surface area contributed by atoms with Crippen LogP contribution < -0.4 is 0 Å². The van der Waals surface area contributed by atoms with Crippen molar-refractivity contribution in [3.8, 4) is 0 Å². The fraction of sp³-hybridized carbons (Fsp3) is 0.429. The molecule has 0 aromatic heterocycles. The smallest absolute Gasteiger partial charge is 0.0195 e. The summed E-state index contributed by atoms with van der Waals surface area (Å²) in [6.45, 7) is 4.58. The summed E-state index contributed by atoms with van der Waals surface area (Å²) in [5, 5.41) is 0. The van der Waals surface area contributed by atoms with Crippen LogP contribution in [0, 0.1) is 5.92 Å². The molecule has 0 heteroatoms. The molecule has 1 aromatic rings. The summed E-state index contributed by atoms with van der Waals surface area (Å²) >= 11 is 0. The van der Waals surface area contributed by atoms with E-state index in [-0.39, 0.29) is 0 Å². The minimum Gasteiger partial charge on any atom is -0.0804 e. The second-order valence-electron chi connectivity index (χ2n) is 4.52. The second kappa shape index (κ2) is 4.00. The van der Waals surface area contributed by atoms with E-state index in [0.717, 1.165) is 5.92 Å². The molecule has 0 spiro atoms. The lowest BCUT2D eigenvalue weighted by Crippen LogP contribution is -2.01. The van der Waals surface area contributed by atoms with Gasteiger partial charge in [-0.2, -0.15) is 0 Å². The van der Waals surface area contributed by atoms with Gasteiger partial charge in [-0.05, 0) is 41.9 Å². The zero-order chi connectivity index (χ0) is 9.97. The van der Waals surface area contributed by atoms with E-state index in [0.29, 0.717) is 0 Å². The zero-order valence-corrected chi connectivity index (χ0v) is 9.09. The van der Waals surface area contributed by atoms with E-state index in [4.69, 9.17) is 0 Å². The Morgan fingerprint density at radius 2 is 2.00 bits per heavy atom. The topological polar surface area (TPSA) is 0 Å². The molecule has 74 valence electrons. The molecule has 1 aliphatic carbocycles. The molecular weight excluding hydrogens is 168 g/mol. The molecule has 0 atom stereocenters. The van der Waals surface area contributed by atoms with Gasteiger partial charge in [-0.3, -0.25) is 0 Å². The van der Waals surface area contributed by atoms with Crippen molar-refractivity contribution < 1.29 is 0 Å². The molecule has 0 heterocycles. The lowest BCUT2D eigenvalue weighted by Gasteiger charge is -2.18. The van der Waals surface area contributed by atoms with Crippen molar-refractivity contribution in [1.82, 2.24) is 0 Å². The highest BCUT2D eigenvalue weighted by Gasteiger charge is 2.12. The summed E-state index contributed by atoms with van der Waals surface area (Å²) in [7, 11) is 0. The van der Waals surface area contributed by atoms with Crippen LogP contribution in [0.2, 0.25) is 0 Å². The molecule has 1 aromatic carbocycles. The standard InChI is InChI=1S/C14H18/c1-11(2)10-13-8-5-7-12-6-3-4-9-14(12)13/h3-4,6,8-9,11H,5,7,10H2,1-2H3. The average molecular weight is 186 g/mol. The second-order valence-corrected chi connectivity index (χ2v) is 4.52. The molecule has 0 radical (unpaired) electrons. The molecule has 0 unspecified atom stereocenters. The number of hydrogen-bond acceptors (Lipinski definition) is 0. The van der Waals surface area contributed by atoms with Gasteiger partial charge in [0.15, 0.2) is 0 Å². The van der Waals surface area contributed by atoms with Gasteiger partial charge in [0.25, 0.3) is 0 Å². The van der Waals surface area contributed by atoms with E-state index < -0.39 is 0 Å². The molecule has 0 saturated heterocycles. The third-order valence-electron chi connectivity index (χ3n) is 2.80. The van der Waals surface area contributed by atoms with Crippen molar-refractivity contribution in [1.29, 1.82) is 0 Å². The Morgan fingerprint density at radius 3 is 2.79 bits per heavy atom. The molecule has 14 heavy (non-hydrogen) atoms. The quantitative estimate of drug-likeness (QED) is 0.653. The highest BCUT2D eigenvalue weighted by molar-refractivity contribution is 5.70. The number of rotatable bonds is 2. The first kappa shape index (κ1) is 9.51. The van der Waals surface area contributed by atoms with Crippen LogP contribution in [0.1, 0.15) is 37.8 Å². The Morgan fingerprint density at radius 1 is 1.21 bits per heavy atom. The summed E-state index contributed by atoms with van der Waals surface area (Å²) in [6.07, 6.45) is 6.08. The van der Waals surface area contributed by atoms with E-state index in [9.17, 15) is 0 Å². The highest BCUT2D eigenvalue weighted by Crippen LogP contribution is 2.30.